The predicted molar refractivity (Wildman–Crippen MR) is 69.8 cm³/mol. The summed E-state index contributed by atoms with van der Waals surface area (Å²) < 4.78 is 0. The molecule has 1 aliphatic rings. The van der Waals surface area contributed by atoms with Crippen molar-refractivity contribution < 1.29 is 0 Å². The molecule has 1 saturated heterocycles. The highest BCUT2D eigenvalue weighted by molar-refractivity contribution is 5.35. The van der Waals surface area contributed by atoms with Crippen LogP contribution < -0.4 is 5.32 Å². The molecular formula is C15H20N2. The van der Waals surface area contributed by atoms with Crippen LogP contribution in [-0.4, -0.2) is 13.1 Å². The number of piperidine rings is 1. The molecule has 0 atom stereocenters. The predicted octanol–water partition coefficient (Wildman–Crippen LogP) is 2.74. The average Bonchev–Trinajstić information content (AvgIpc) is 2.35. The van der Waals surface area contributed by atoms with Gasteiger partial charge in [-0.25, -0.2) is 0 Å². The van der Waals surface area contributed by atoms with E-state index < -0.39 is 0 Å². The van der Waals surface area contributed by atoms with Gasteiger partial charge >= 0.3 is 0 Å². The van der Waals surface area contributed by atoms with Gasteiger partial charge in [0.1, 0.15) is 0 Å². The van der Waals surface area contributed by atoms with Crippen LogP contribution in [0.2, 0.25) is 0 Å². The SMILES string of the molecule is Cc1cccc(C)c1CC1(C#N)CCNCC1. The number of nitriles is 1. The van der Waals surface area contributed by atoms with Crippen molar-refractivity contribution in [1.29, 1.82) is 5.26 Å². The standard InChI is InChI=1S/C15H20N2/c1-12-4-3-5-13(2)14(12)10-15(11-16)6-8-17-9-7-15/h3-5,17H,6-10H2,1-2H3. The average molecular weight is 228 g/mol. The molecule has 0 aromatic heterocycles. The summed E-state index contributed by atoms with van der Waals surface area (Å²) in [5.74, 6) is 0. The Kier molecular flexibility index (Phi) is 3.49. The lowest BCUT2D eigenvalue weighted by molar-refractivity contribution is 0.279. The minimum absolute atomic E-state index is 0.151. The number of benzene rings is 1. The second-order valence-corrected chi connectivity index (χ2v) is 5.19. The molecule has 2 nitrogen and oxygen atoms in total. The molecule has 1 aliphatic heterocycles. The molecule has 0 bridgehead atoms. The van der Waals surface area contributed by atoms with E-state index in [-0.39, 0.29) is 5.41 Å². The summed E-state index contributed by atoms with van der Waals surface area (Å²) in [5, 5.41) is 12.8. The maximum Gasteiger partial charge on any atom is 0.0694 e. The third-order valence-corrected chi connectivity index (χ3v) is 3.96. The van der Waals surface area contributed by atoms with Crippen LogP contribution in [0.1, 0.15) is 29.5 Å². The first-order valence-electron chi connectivity index (χ1n) is 6.34. The lowest BCUT2D eigenvalue weighted by Gasteiger charge is -2.32. The van der Waals surface area contributed by atoms with Gasteiger partial charge in [-0.05, 0) is 62.9 Å². The lowest BCUT2D eigenvalue weighted by Crippen LogP contribution is -2.37. The van der Waals surface area contributed by atoms with Crippen LogP contribution >= 0.6 is 0 Å². The van der Waals surface area contributed by atoms with Crippen LogP contribution in [0.4, 0.5) is 0 Å². The molecule has 17 heavy (non-hydrogen) atoms. The van der Waals surface area contributed by atoms with Crippen molar-refractivity contribution in [1.82, 2.24) is 5.32 Å². The van der Waals surface area contributed by atoms with Crippen molar-refractivity contribution in [3.05, 3.63) is 34.9 Å². The van der Waals surface area contributed by atoms with Crippen LogP contribution in [0.5, 0.6) is 0 Å². The van der Waals surface area contributed by atoms with Crippen LogP contribution in [0.15, 0.2) is 18.2 Å². The van der Waals surface area contributed by atoms with E-state index in [1.807, 2.05) is 0 Å². The van der Waals surface area contributed by atoms with Crippen LogP contribution in [0.3, 0.4) is 0 Å². The van der Waals surface area contributed by atoms with Gasteiger partial charge in [-0.3, -0.25) is 0 Å². The van der Waals surface area contributed by atoms with Crippen molar-refractivity contribution in [2.45, 2.75) is 33.1 Å². The van der Waals surface area contributed by atoms with Gasteiger partial charge in [-0.15, -0.1) is 0 Å². The summed E-state index contributed by atoms with van der Waals surface area (Å²) in [6, 6.07) is 8.97. The molecule has 1 heterocycles. The second kappa shape index (κ2) is 4.89. The van der Waals surface area contributed by atoms with Gasteiger partial charge in [0.05, 0.1) is 11.5 Å². The highest BCUT2D eigenvalue weighted by Crippen LogP contribution is 2.34. The van der Waals surface area contributed by atoms with Gasteiger partial charge in [0.15, 0.2) is 0 Å². The van der Waals surface area contributed by atoms with E-state index in [2.05, 4.69) is 43.4 Å². The summed E-state index contributed by atoms with van der Waals surface area (Å²) >= 11 is 0. The van der Waals surface area contributed by atoms with E-state index in [4.69, 9.17) is 0 Å². The van der Waals surface area contributed by atoms with E-state index >= 15 is 0 Å². The summed E-state index contributed by atoms with van der Waals surface area (Å²) in [6.07, 6.45) is 2.85. The molecule has 2 rings (SSSR count). The quantitative estimate of drug-likeness (QED) is 0.845. The highest BCUT2D eigenvalue weighted by Gasteiger charge is 2.32. The molecule has 0 saturated carbocycles. The molecular weight excluding hydrogens is 208 g/mol. The van der Waals surface area contributed by atoms with Crippen LogP contribution in [0.25, 0.3) is 0 Å². The van der Waals surface area contributed by atoms with E-state index in [0.29, 0.717) is 0 Å². The molecule has 0 radical (unpaired) electrons. The molecule has 90 valence electrons. The first-order valence-corrected chi connectivity index (χ1v) is 6.34. The number of hydrogen-bond donors (Lipinski definition) is 1. The van der Waals surface area contributed by atoms with E-state index in [1.165, 1.54) is 16.7 Å². The minimum atomic E-state index is -0.151. The largest absolute Gasteiger partial charge is 0.317 e. The summed E-state index contributed by atoms with van der Waals surface area (Å²) in [7, 11) is 0. The third kappa shape index (κ3) is 2.50. The van der Waals surface area contributed by atoms with Gasteiger partial charge in [0, 0.05) is 0 Å². The number of hydrogen-bond acceptors (Lipinski definition) is 2. The third-order valence-electron chi connectivity index (χ3n) is 3.96. The molecule has 0 amide bonds. The fraction of sp³-hybridized carbons (Fsp3) is 0.533. The Balaban J connectivity index is 2.27. The van der Waals surface area contributed by atoms with Gasteiger partial charge in [0.2, 0.25) is 0 Å². The van der Waals surface area contributed by atoms with Gasteiger partial charge in [-0.2, -0.15) is 5.26 Å². The van der Waals surface area contributed by atoms with Crippen LogP contribution in [-0.2, 0) is 6.42 Å². The summed E-state index contributed by atoms with van der Waals surface area (Å²) in [6.45, 7) is 6.24. The van der Waals surface area contributed by atoms with Crippen molar-refractivity contribution in [2.24, 2.45) is 5.41 Å². The van der Waals surface area contributed by atoms with Crippen molar-refractivity contribution in [2.75, 3.05) is 13.1 Å². The van der Waals surface area contributed by atoms with Gasteiger partial charge in [-0.1, -0.05) is 18.2 Å². The van der Waals surface area contributed by atoms with E-state index in [1.54, 1.807) is 0 Å². The van der Waals surface area contributed by atoms with E-state index in [0.717, 1.165) is 32.4 Å². The Morgan fingerprint density at radius 3 is 2.35 bits per heavy atom. The lowest BCUT2D eigenvalue weighted by atomic mass is 9.74. The zero-order chi connectivity index (χ0) is 12.3. The fourth-order valence-electron chi connectivity index (χ4n) is 2.70. The number of nitrogens with zero attached hydrogens (tertiary/aromatic N) is 1. The molecule has 0 unspecified atom stereocenters. The summed E-state index contributed by atoms with van der Waals surface area (Å²) in [4.78, 5) is 0. The fourth-order valence-corrected chi connectivity index (χ4v) is 2.70. The summed E-state index contributed by atoms with van der Waals surface area (Å²) in [5.41, 5.74) is 3.86. The molecule has 1 aromatic rings. The normalized spacial score (nSPS) is 18.6. The van der Waals surface area contributed by atoms with Gasteiger partial charge in [0.25, 0.3) is 0 Å². The molecule has 0 spiro atoms. The monoisotopic (exact) mass is 228 g/mol. The Bertz CT molecular complexity index is 416. The smallest absolute Gasteiger partial charge is 0.0694 e. The topological polar surface area (TPSA) is 35.8 Å². The first-order chi connectivity index (χ1) is 8.17. The molecule has 2 heteroatoms. The van der Waals surface area contributed by atoms with Crippen molar-refractivity contribution in [3.8, 4) is 6.07 Å². The van der Waals surface area contributed by atoms with Crippen molar-refractivity contribution in [3.63, 3.8) is 0 Å². The minimum Gasteiger partial charge on any atom is -0.317 e. The molecule has 1 fully saturated rings. The number of aryl methyl sites for hydroxylation is 2. The maximum atomic E-state index is 9.51. The number of nitrogens with one attached hydrogen (secondary N) is 1. The van der Waals surface area contributed by atoms with E-state index in [9.17, 15) is 5.26 Å². The molecule has 1 aromatic carbocycles. The molecule has 1 N–H and O–H groups in total. The Labute approximate surface area is 104 Å². The Morgan fingerprint density at radius 2 is 1.82 bits per heavy atom. The second-order valence-electron chi connectivity index (χ2n) is 5.19. The number of rotatable bonds is 2. The van der Waals surface area contributed by atoms with Crippen molar-refractivity contribution >= 4 is 0 Å². The molecule has 0 aliphatic carbocycles. The first kappa shape index (κ1) is 12.1. The zero-order valence-electron chi connectivity index (χ0n) is 10.7. The van der Waals surface area contributed by atoms with Gasteiger partial charge < -0.3 is 5.32 Å². The van der Waals surface area contributed by atoms with Crippen LogP contribution in [0, 0.1) is 30.6 Å². The Hall–Kier alpha value is -1.33. The zero-order valence-corrected chi connectivity index (χ0v) is 10.7. The Morgan fingerprint density at radius 1 is 1.24 bits per heavy atom. The maximum absolute atomic E-state index is 9.51. The highest BCUT2D eigenvalue weighted by atomic mass is 14.9.